The normalized spacial score (nSPS) is 23.5. The van der Waals surface area contributed by atoms with Crippen LogP contribution < -0.4 is 10.9 Å². The first-order valence-electron chi connectivity index (χ1n) is 8.07. The Kier molecular flexibility index (Phi) is 4.56. The number of carbonyl (C=O) groups excluding carboxylic acids is 1. The number of aliphatic hydroxyl groups excluding tert-OH is 1. The van der Waals surface area contributed by atoms with Crippen LogP contribution in [0.15, 0.2) is 29.1 Å². The minimum Gasteiger partial charge on any atom is -0.396 e. The topological polar surface area (TPSA) is 87.1 Å². The summed E-state index contributed by atoms with van der Waals surface area (Å²) < 4.78 is 1.50. The van der Waals surface area contributed by atoms with Crippen LogP contribution in [0.4, 0.5) is 0 Å². The molecule has 6 nitrogen and oxygen atoms in total. The van der Waals surface area contributed by atoms with Gasteiger partial charge in [-0.05, 0) is 37.2 Å². The summed E-state index contributed by atoms with van der Waals surface area (Å²) in [5.74, 6) is -0.265. The van der Waals surface area contributed by atoms with E-state index in [1.807, 2.05) is 13.0 Å². The molecule has 0 radical (unpaired) electrons. The molecular weight excluding hydrogens is 326 g/mol. The molecule has 3 N–H and O–H groups in total. The van der Waals surface area contributed by atoms with Crippen LogP contribution in [0.5, 0.6) is 0 Å². The first-order valence-corrected chi connectivity index (χ1v) is 8.47. The van der Waals surface area contributed by atoms with Gasteiger partial charge in [-0.1, -0.05) is 25.5 Å². The second kappa shape index (κ2) is 6.49. The maximum atomic E-state index is 12.6. The summed E-state index contributed by atoms with van der Waals surface area (Å²) in [5, 5.41) is 13.0. The summed E-state index contributed by atoms with van der Waals surface area (Å²) in [7, 11) is 0. The highest BCUT2D eigenvalue weighted by Gasteiger charge is 2.39. The maximum Gasteiger partial charge on any atom is 0.262 e. The number of fused-ring (bicyclic) bond motifs is 1. The standard InChI is InChI=1S/C17H21N3O3S/c1-17(10-21)8-4-7-13(17)19-14(22)9-20-15(23)11-5-2-3-6-12(11)18-16(20)24/h2-3,5-6,13,21H,4,7-10H2,1H3,(H,18,24)(H,19,22)/t13-,17-/m1/s1. The number of rotatable bonds is 4. The summed E-state index contributed by atoms with van der Waals surface area (Å²) >= 11 is 5.22. The Labute approximate surface area is 144 Å². The molecule has 1 amide bonds. The third-order valence-electron chi connectivity index (χ3n) is 4.97. The molecular formula is C17H21N3O3S. The number of nitrogens with zero attached hydrogens (tertiary/aromatic N) is 1. The largest absolute Gasteiger partial charge is 0.396 e. The third-order valence-corrected chi connectivity index (χ3v) is 5.29. The van der Waals surface area contributed by atoms with Crippen molar-refractivity contribution in [1.29, 1.82) is 0 Å². The van der Waals surface area contributed by atoms with Crippen molar-refractivity contribution in [2.75, 3.05) is 6.61 Å². The van der Waals surface area contributed by atoms with Crippen molar-refractivity contribution in [3.05, 3.63) is 39.4 Å². The van der Waals surface area contributed by atoms with Crippen molar-refractivity contribution in [2.45, 2.75) is 38.8 Å². The van der Waals surface area contributed by atoms with Gasteiger partial charge in [-0.2, -0.15) is 0 Å². The van der Waals surface area contributed by atoms with E-state index in [2.05, 4.69) is 10.3 Å². The van der Waals surface area contributed by atoms with E-state index < -0.39 is 0 Å². The molecule has 1 aliphatic carbocycles. The van der Waals surface area contributed by atoms with Crippen LogP contribution in [0.1, 0.15) is 26.2 Å². The number of carbonyl (C=O) groups is 1. The van der Waals surface area contributed by atoms with Crippen LogP contribution in [0.25, 0.3) is 10.9 Å². The Hall–Kier alpha value is -1.99. The number of hydrogen-bond acceptors (Lipinski definition) is 4. The molecule has 1 aliphatic rings. The number of hydrogen-bond donors (Lipinski definition) is 3. The van der Waals surface area contributed by atoms with E-state index in [0.717, 1.165) is 19.3 Å². The van der Waals surface area contributed by atoms with Gasteiger partial charge >= 0.3 is 0 Å². The van der Waals surface area contributed by atoms with E-state index in [9.17, 15) is 14.7 Å². The molecule has 2 atom stereocenters. The summed E-state index contributed by atoms with van der Waals surface area (Å²) in [6, 6.07) is 7.00. The molecule has 0 spiro atoms. The highest BCUT2D eigenvalue weighted by molar-refractivity contribution is 7.71. The Morgan fingerprint density at radius 2 is 2.25 bits per heavy atom. The van der Waals surface area contributed by atoms with Crippen molar-refractivity contribution in [2.24, 2.45) is 5.41 Å². The number of para-hydroxylation sites is 1. The predicted molar refractivity (Wildman–Crippen MR) is 94.4 cm³/mol. The van der Waals surface area contributed by atoms with Crippen LogP contribution in [-0.4, -0.2) is 33.2 Å². The van der Waals surface area contributed by atoms with Gasteiger partial charge in [-0.15, -0.1) is 0 Å². The van der Waals surface area contributed by atoms with Crippen molar-refractivity contribution in [1.82, 2.24) is 14.9 Å². The molecule has 24 heavy (non-hydrogen) atoms. The fourth-order valence-corrected chi connectivity index (χ4v) is 3.65. The maximum absolute atomic E-state index is 12.6. The molecule has 3 rings (SSSR count). The van der Waals surface area contributed by atoms with Crippen molar-refractivity contribution in [3.8, 4) is 0 Å². The summed E-state index contributed by atoms with van der Waals surface area (Å²) in [6.07, 6.45) is 2.69. The lowest BCUT2D eigenvalue weighted by atomic mass is 9.86. The predicted octanol–water partition coefficient (Wildman–Crippen LogP) is 1.73. The number of H-pyrrole nitrogens is 1. The van der Waals surface area contributed by atoms with Gasteiger partial charge in [-0.3, -0.25) is 14.2 Å². The zero-order valence-corrected chi connectivity index (χ0v) is 14.4. The highest BCUT2D eigenvalue weighted by Crippen LogP contribution is 2.37. The zero-order chi connectivity index (χ0) is 17.3. The van der Waals surface area contributed by atoms with Crippen molar-refractivity contribution in [3.63, 3.8) is 0 Å². The monoisotopic (exact) mass is 347 g/mol. The second-order valence-electron chi connectivity index (χ2n) is 6.69. The molecule has 2 aromatic rings. The summed E-state index contributed by atoms with van der Waals surface area (Å²) in [5.41, 5.74) is 0.0843. The average molecular weight is 347 g/mol. The van der Waals surface area contributed by atoms with E-state index in [-0.39, 0.29) is 40.8 Å². The summed E-state index contributed by atoms with van der Waals surface area (Å²) in [4.78, 5) is 27.9. The number of benzene rings is 1. The van der Waals surface area contributed by atoms with Gasteiger partial charge in [0.05, 0.1) is 17.5 Å². The fourth-order valence-electron chi connectivity index (χ4n) is 3.39. The molecule has 1 aromatic carbocycles. The number of aromatic amines is 1. The minimum atomic E-state index is -0.299. The quantitative estimate of drug-likeness (QED) is 0.735. The van der Waals surface area contributed by atoms with E-state index in [1.54, 1.807) is 18.2 Å². The second-order valence-corrected chi connectivity index (χ2v) is 7.08. The van der Waals surface area contributed by atoms with E-state index in [4.69, 9.17) is 12.2 Å². The van der Waals surface area contributed by atoms with Gasteiger partial charge < -0.3 is 15.4 Å². The average Bonchev–Trinajstić information content (AvgIpc) is 2.93. The lowest BCUT2D eigenvalue weighted by Gasteiger charge is -2.30. The fraction of sp³-hybridized carbons (Fsp3) is 0.471. The molecule has 1 fully saturated rings. The van der Waals surface area contributed by atoms with Crippen molar-refractivity contribution < 1.29 is 9.90 Å². The lowest BCUT2D eigenvalue weighted by Crippen LogP contribution is -2.46. The van der Waals surface area contributed by atoms with Crippen LogP contribution >= 0.6 is 12.2 Å². The number of amides is 1. The molecule has 1 heterocycles. The Bertz CT molecular complexity index is 889. The SMILES string of the molecule is C[C@]1(CO)CCC[C@H]1NC(=O)Cn1c(=S)[nH]c2ccccc2c1=O. The molecule has 1 aromatic heterocycles. The van der Waals surface area contributed by atoms with Crippen LogP contribution in [-0.2, 0) is 11.3 Å². The van der Waals surface area contributed by atoms with Crippen molar-refractivity contribution >= 4 is 29.0 Å². The molecule has 0 saturated heterocycles. The van der Waals surface area contributed by atoms with Gasteiger partial charge in [0.15, 0.2) is 4.77 Å². The zero-order valence-electron chi connectivity index (χ0n) is 13.5. The first kappa shape index (κ1) is 16.9. The third kappa shape index (κ3) is 3.01. The van der Waals surface area contributed by atoms with Gasteiger partial charge in [-0.25, -0.2) is 0 Å². The summed E-state index contributed by atoms with van der Waals surface area (Å²) in [6.45, 7) is 1.88. The van der Waals surface area contributed by atoms with Gasteiger partial charge in [0, 0.05) is 11.5 Å². The van der Waals surface area contributed by atoms with Crippen LogP contribution in [0.3, 0.4) is 0 Å². The minimum absolute atomic E-state index is 0.0356. The Morgan fingerprint density at radius 3 is 3.00 bits per heavy atom. The van der Waals surface area contributed by atoms with Gasteiger partial charge in [0.1, 0.15) is 6.54 Å². The van der Waals surface area contributed by atoms with E-state index in [1.165, 1.54) is 4.57 Å². The highest BCUT2D eigenvalue weighted by atomic mass is 32.1. The lowest BCUT2D eigenvalue weighted by molar-refractivity contribution is -0.123. The van der Waals surface area contributed by atoms with E-state index >= 15 is 0 Å². The Morgan fingerprint density at radius 1 is 1.50 bits per heavy atom. The molecule has 0 bridgehead atoms. The molecule has 1 saturated carbocycles. The number of aliphatic hydroxyl groups is 1. The van der Waals surface area contributed by atoms with Crippen LogP contribution in [0.2, 0.25) is 0 Å². The molecule has 128 valence electrons. The molecule has 7 heteroatoms. The Balaban J connectivity index is 1.84. The van der Waals surface area contributed by atoms with Crippen LogP contribution in [0, 0.1) is 10.2 Å². The van der Waals surface area contributed by atoms with Gasteiger partial charge in [0.25, 0.3) is 5.56 Å². The number of nitrogens with one attached hydrogen (secondary N) is 2. The first-order chi connectivity index (χ1) is 11.4. The molecule has 0 aliphatic heterocycles. The van der Waals surface area contributed by atoms with Gasteiger partial charge in [0.2, 0.25) is 5.91 Å². The van der Waals surface area contributed by atoms with E-state index in [0.29, 0.717) is 10.9 Å². The number of aromatic nitrogens is 2. The smallest absolute Gasteiger partial charge is 0.262 e. The molecule has 0 unspecified atom stereocenters.